The van der Waals surface area contributed by atoms with E-state index in [1.807, 2.05) is 42.8 Å². The van der Waals surface area contributed by atoms with Crippen molar-refractivity contribution in [1.29, 1.82) is 0 Å². The van der Waals surface area contributed by atoms with Crippen LogP contribution < -0.4 is 0 Å². The van der Waals surface area contributed by atoms with Gasteiger partial charge in [-0.2, -0.15) is 5.10 Å². The molecule has 0 aliphatic rings. The molecule has 0 bridgehead atoms. The van der Waals surface area contributed by atoms with Gasteiger partial charge in [-0.1, -0.05) is 24.0 Å². The summed E-state index contributed by atoms with van der Waals surface area (Å²) >= 11 is 0. The van der Waals surface area contributed by atoms with Crippen LogP contribution in [0.5, 0.6) is 0 Å². The molecule has 0 radical (unpaired) electrons. The lowest BCUT2D eigenvalue weighted by molar-refractivity contribution is 0.350. The van der Waals surface area contributed by atoms with Crippen molar-refractivity contribution in [3.05, 3.63) is 47.0 Å². The Bertz CT molecular complexity index is 605. The number of benzene rings is 1. The summed E-state index contributed by atoms with van der Waals surface area (Å²) in [4.78, 5) is 4.27. The Balaban J connectivity index is 2.21. The van der Waals surface area contributed by atoms with Crippen molar-refractivity contribution in [3.63, 3.8) is 0 Å². The molecule has 18 heavy (non-hydrogen) atoms. The van der Waals surface area contributed by atoms with E-state index in [1.165, 1.54) is 0 Å². The van der Waals surface area contributed by atoms with Crippen molar-refractivity contribution in [2.45, 2.75) is 20.4 Å². The third kappa shape index (κ3) is 2.96. The third-order valence-electron chi connectivity index (χ3n) is 2.53. The zero-order valence-electron chi connectivity index (χ0n) is 10.5. The predicted molar refractivity (Wildman–Crippen MR) is 69.0 cm³/mol. The van der Waals surface area contributed by atoms with Crippen LogP contribution in [0.2, 0.25) is 0 Å². The fourth-order valence-electron chi connectivity index (χ4n) is 1.77. The first-order valence-corrected chi connectivity index (χ1v) is 5.76. The van der Waals surface area contributed by atoms with Gasteiger partial charge in [0.1, 0.15) is 18.3 Å². The van der Waals surface area contributed by atoms with Crippen LogP contribution >= 0.6 is 0 Å². The van der Waals surface area contributed by atoms with Crippen molar-refractivity contribution >= 4 is 0 Å². The number of aryl methyl sites for hydroxylation is 2. The molecule has 0 spiro atoms. The first-order valence-electron chi connectivity index (χ1n) is 5.76. The molecular formula is C14H15N3O. The minimum atomic E-state index is -0.119. The summed E-state index contributed by atoms with van der Waals surface area (Å²) in [6.07, 6.45) is 0. The number of aliphatic hydroxyl groups is 1. The Hall–Kier alpha value is -2.12. The average Bonchev–Trinajstić information content (AvgIpc) is 2.66. The number of aromatic nitrogens is 3. The number of nitrogens with zero attached hydrogens (tertiary/aromatic N) is 3. The molecule has 1 N–H and O–H groups in total. The summed E-state index contributed by atoms with van der Waals surface area (Å²) in [7, 11) is 0. The molecule has 0 saturated heterocycles. The highest BCUT2D eigenvalue weighted by Crippen LogP contribution is 2.07. The van der Waals surface area contributed by atoms with E-state index in [4.69, 9.17) is 5.11 Å². The number of hydrogen-bond donors (Lipinski definition) is 1. The zero-order valence-corrected chi connectivity index (χ0v) is 10.5. The maximum atomic E-state index is 8.68. The molecule has 1 aromatic heterocycles. The van der Waals surface area contributed by atoms with E-state index in [1.54, 1.807) is 0 Å². The van der Waals surface area contributed by atoms with Crippen molar-refractivity contribution in [2.24, 2.45) is 0 Å². The summed E-state index contributed by atoms with van der Waals surface area (Å²) in [5, 5.41) is 13.0. The molecule has 0 atom stereocenters. The summed E-state index contributed by atoms with van der Waals surface area (Å²) in [6.45, 7) is 4.38. The minimum Gasteiger partial charge on any atom is -0.384 e. The van der Waals surface area contributed by atoms with Crippen molar-refractivity contribution in [1.82, 2.24) is 14.8 Å². The number of rotatable bonds is 2. The Kier molecular flexibility index (Phi) is 3.75. The van der Waals surface area contributed by atoms with E-state index < -0.39 is 0 Å². The SMILES string of the molecule is Cc1nc(C)n(Cc2cccc(C#CCO)c2)n1. The fourth-order valence-corrected chi connectivity index (χ4v) is 1.77. The standard InChI is InChI=1S/C14H15N3O/c1-11-15-12(2)17(16-11)10-14-6-3-5-13(9-14)7-4-8-18/h3,5-6,9,18H,8,10H2,1-2H3. The van der Waals surface area contributed by atoms with E-state index in [2.05, 4.69) is 21.9 Å². The van der Waals surface area contributed by atoms with E-state index in [0.717, 1.165) is 22.8 Å². The Morgan fingerprint density at radius 1 is 1.33 bits per heavy atom. The van der Waals surface area contributed by atoms with Crippen LogP contribution in [0.4, 0.5) is 0 Å². The van der Waals surface area contributed by atoms with Gasteiger partial charge in [-0.3, -0.25) is 0 Å². The topological polar surface area (TPSA) is 50.9 Å². The molecule has 1 aromatic carbocycles. The highest BCUT2D eigenvalue weighted by atomic mass is 16.2. The van der Waals surface area contributed by atoms with Gasteiger partial charge >= 0.3 is 0 Å². The molecule has 0 amide bonds. The molecule has 0 saturated carbocycles. The largest absolute Gasteiger partial charge is 0.384 e. The second-order valence-electron chi connectivity index (χ2n) is 4.02. The van der Waals surface area contributed by atoms with E-state index in [0.29, 0.717) is 6.54 Å². The van der Waals surface area contributed by atoms with Gasteiger partial charge < -0.3 is 5.11 Å². The predicted octanol–water partition coefficient (Wildman–Crippen LogP) is 1.29. The van der Waals surface area contributed by atoms with Crippen molar-refractivity contribution in [2.75, 3.05) is 6.61 Å². The van der Waals surface area contributed by atoms with Gasteiger partial charge in [-0.25, -0.2) is 9.67 Å². The normalized spacial score (nSPS) is 9.94. The van der Waals surface area contributed by atoms with Gasteiger partial charge in [0.15, 0.2) is 0 Å². The molecule has 0 fully saturated rings. The lowest BCUT2D eigenvalue weighted by atomic mass is 10.1. The molecule has 2 aromatic rings. The van der Waals surface area contributed by atoms with Crippen LogP contribution in [-0.4, -0.2) is 26.5 Å². The minimum absolute atomic E-state index is 0.119. The maximum Gasteiger partial charge on any atom is 0.147 e. The van der Waals surface area contributed by atoms with E-state index >= 15 is 0 Å². The van der Waals surface area contributed by atoms with Crippen LogP contribution in [0.15, 0.2) is 24.3 Å². The molecule has 4 heteroatoms. The van der Waals surface area contributed by atoms with Crippen LogP contribution in [0.3, 0.4) is 0 Å². The molecule has 1 heterocycles. The maximum absolute atomic E-state index is 8.68. The molecular weight excluding hydrogens is 226 g/mol. The van der Waals surface area contributed by atoms with Crippen LogP contribution in [0.1, 0.15) is 22.8 Å². The lowest BCUT2D eigenvalue weighted by Crippen LogP contribution is -2.04. The van der Waals surface area contributed by atoms with Crippen molar-refractivity contribution < 1.29 is 5.11 Å². The van der Waals surface area contributed by atoms with Crippen LogP contribution in [-0.2, 0) is 6.54 Å². The molecule has 0 unspecified atom stereocenters. The highest BCUT2D eigenvalue weighted by molar-refractivity contribution is 5.37. The van der Waals surface area contributed by atoms with Crippen molar-refractivity contribution in [3.8, 4) is 11.8 Å². The van der Waals surface area contributed by atoms with Gasteiger partial charge in [0.05, 0.1) is 6.54 Å². The highest BCUT2D eigenvalue weighted by Gasteiger charge is 2.03. The first kappa shape index (κ1) is 12.3. The smallest absolute Gasteiger partial charge is 0.147 e. The number of aliphatic hydroxyl groups excluding tert-OH is 1. The second-order valence-corrected chi connectivity index (χ2v) is 4.02. The Labute approximate surface area is 106 Å². The molecule has 2 rings (SSSR count). The summed E-state index contributed by atoms with van der Waals surface area (Å²) < 4.78 is 1.87. The first-order chi connectivity index (χ1) is 8.69. The zero-order chi connectivity index (χ0) is 13.0. The molecule has 0 aliphatic heterocycles. The van der Waals surface area contributed by atoms with Gasteiger partial charge in [0, 0.05) is 5.56 Å². The van der Waals surface area contributed by atoms with Gasteiger partial charge in [-0.05, 0) is 31.5 Å². The molecule has 0 aliphatic carbocycles. The second kappa shape index (κ2) is 5.48. The number of hydrogen-bond acceptors (Lipinski definition) is 3. The van der Waals surface area contributed by atoms with Gasteiger partial charge in [0.25, 0.3) is 0 Å². The third-order valence-corrected chi connectivity index (χ3v) is 2.53. The summed E-state index contributed by atoms with van der Waals surface area (Å²) in [5.41, 5.74) is 2.02. The quantitative estimate of drug-likeness (QED) is 0.806. The summed E-state index contributed by atoms with van der Waals surface area (Å²) in [6, 6.07) is 7.90. The van der Waals surface area contributed by atoms with Crippen LogP contribution in [0, 0.1) is 25.7 Å². The lowest BCUT2D eigenvalue weighted by Gasteiger charge is -2.03. The van der Waals surface area contributed by atoms with Crippen LogP contribution in [0.25, 0.3) is 0 Å². The Morgan fingerprint density at radius 3 is 2.83 bits per heavy atom. The van der Waals surface area contributed by atoms with Gasteiger partial charge in [-0.15, -0.1) is 0 Å². The average molecular weight is 241 g/mol. The monoisotopic (exact) mass is 241 g/mol. The van der Waals surface area contributed by atoms with E-state index in [9.17, 15) is 0 Å². The Morgan fingerprint density at radius 2 is 2.17 bits per heavy atom. The molecule has 92 valence electrons. The molecule has 4 nitrogen and oxygen atoms in total. The van der Waals surface area contributed by atoms with E-state index in [-0.39, 0.29) is 6.61 Å². The fraction of sp³-hybridized carbons (Fsp3) is 0.286. The van der Waals surface area contributed by atoms with Gasteiger partial charge in [0.2, 0.25) is 0 Å². The summed E-state index contributed by atoms with van der Waals surface area (Å²) in [5.74, 6) is 7.22.